The van der Waals surface area contributed by atoms with Crippen LogP contribution in [0.4, 0.5) is 0 Å². The Balaban J connectivity index is 0. The molecule has 0 rings (SSSR count). The average molecular weight is 419 g/mol. The van der Waals surface area contributed by atoms with Gasteiger partial charge in [0.05, 0.1) is 0 Å². The predicted molar refractivity (Wildman–Crippen MR) is 3.43 cm³/mol. The van der Waals surface area contributed by atoms with Crippen molar-refractivity contribution in [1.82, 2.24) is 0 Å². The first-order valence-electron chi connectivity index (χ1n) is 0. The van der Waals surface area contributed by atoms with Crippen LogP contribution < -0.4 is 0 Å². The summed E-state index contributed by atoms with van der Waals surface area (Å²) >= 11 is 0. The van der Waals surface area contributed by atoms with Gasteiger partial charge in [-0.15, -0.1) is 0 Å². The van der Waals surface area contributed by atoms with Gasteiger partial charge in [0.15, 0.2) is 0 Å². The van der Waals surface area contributed by atoms with Crippen LogP contribution in [0.5, 0.6) is 0 Å². The normalized spacial score (nSPS) is 0. The third kappa shape index (κ3) is 172. The van der Waals surface area contributed by atoms with Crippen LogP contribution in [-0.4, -0.2) is 0 Å². The van der Waals surface area contributed by atoms with Crippen LogP contribution in [0.15, 0.2) is 0 Å². The van der Waals surface area contributed by atoms with Gasteiger partial charge < -0.3 is 27.4 Å². The largest absolute Gasteiger partial charge is 5.00 e. The fourth-order valence-corrected chi connectivity index (χ4v) is 0. The maximum absolute atomic E-state index is 0. The van der Waals surface area contributed by atoms with E-state index in [1.54, 1.807) is 0 Å². The summed E-state index contributed by atoms with van der Waals surface area (Å²) in [5.74, 6) is 0. The molecule has 0 aromatic heterocycles. The van der Waals surface area contributed by atoms with Gasteiger partial charge in [-0.05, 0) is 0 Å². The Morgan fingerprint density at radius 3 is 0.364 bits per heavy atom. The Hall–Kier alpha value is 3.05. The van der Waals surface area contributed by atoms with Crippen molar-refractivity contribution in [3.8, 4) is 0 Å². The van der Waals surface area contributed by atoms with Crippen LogP contribution in [0.2, 0.25) is 0 Å². The van der Waals surface area contributed by atoms with Gasteiger partial charge in [-0.2, -0.15) is 0 Å². The summed E-state index contributed by atoms with van der Waals surface area (Å²) in [6, 6.07) is 0. The van der Waals surface area contributed by atoms with Gasteiger partial charge in [0.1, 0.15) is 0 Å². The molecule has 11 heteroatoms. The van der Waals surface area contributed by atoms with E-state index < -0.39 is 0 Å². The summed E-state index contributed by atoms with van der Waals surface area (Å²) in [5, 5.41) is 0. The summed E-state index contributed by atoms with van der Waals surface area (Å²) in [7, 11) is 0. The van der Waals surface area contributed by atoms with Gasteiger partial charge in [-0.3, -0.25) is 0 Å². The van der Waals surface area contributed by atoms with Crippen LogP contribution in [0, 0.1) is 0 Å². The molecule has 11 heavy (non-hydrogen) atoms. The van der Waals surface area contributed by atoms with E-state index in [0.29, 0.717) is 0 Å². The molecule has 0 unspecified atom stereocenters. The topological polar surface area (TPSA) is 142 Å². The van der Waals surface area contributed by atoms with Gasteiger partial charge >= 0.3 is 37.1 Å². The molecule has 0 heterocycles. The quantitative estimate of drug-likeness (QED) is 0.462. The van der Waals surface area contributed by atoms with Crippen LogP contribution >= 0.6 is 0 Å². The molecular formula is Cu2Mn2O5V2. The zero-order chi connectivity index (χ0) is 0. The van der Waals surface area contributed by atoms with E-state index in [0.717, 1.165) is 0 Å². The van der Waals surface area contributed by atoms with Crippen molar-refractivity contribution in [2.24, 2.45) is 0 Å². The molecule has 0 saturated carbocycles. The molecule has 0 N–H and O–H groups in total. The van der Waals surface area contributed by atoms with Crippen LogP contribution in [0.3, 0.4) is 0 Å². The van der Waals surface area contributed by atoms with Crippen molar-refractivity contribution < 1.29 is 133 Å². The summed E-state index contributed by atoms with van der Waals surface area (Å²) in [5.41, 5.74) is 0. The second kappa shape index (κ2) is 204. The van der Waals surface area contributed by atoms with Crippen molar-refractivity contribution in [3.05, 3.63) is 0 Å². The standard InChI is InChI=1S/2Cu.2Mn.5O.2V/q;;;;5*-2;2*+5. The van der Waals surface area contributed by atoms with Crippen molar-refractivity contribution in [2.75, 3.05) is 0 Å². The Morgan fingerprint density at radius 2 is 0.364 bits per heavy atom. The molecular weight excluding hydrogens is 419 g/mol. The summed E-state index contributed by atoms with van der Waals surface area (Å²) < 4.78 is 0. The van der Waals surface area contributed by atoms with E-state index in [4.69, 9.17) is 0 Å². The van der Waals surface area contributed by atoms with Gasteiger partial charge in [-0.1, -0.05) is 0 Å². The molecule has 0 aromatic rings. The first-order chi connectivity index (χ1) is 0. The average Bonchev–Trinajstić information content (AvgIpc) is 0. The van der Waals surface area contributed by atoms with Crippen molar-refractivity contribution in [2.45, 2.75) is 0 Å². The molecule has 4 radical (unpaired) electrons. The molecule has 0 amide bonds. The smallest absolute Gasteiger partial charge is 2.00 e. The first-order valence-corrected chi connectivity index (χ1v) is 0. The summed E-state index contributed by atoms with van der Waals surface area (Å²) in [6.07, 6.45) is 0. The van der Waals surface area contributed by atoms with E-state index in [1.807, 2.05) is 0 Å². The van der Waals surface area contributed by atoms with E-state index in [1.165, 1.54) is 0 Å². The summed E-state index contributed by atoms with van der Waals surface area (Å²) in [4.78, 5) is 0. The SMILES string of the molecule is [Cu].[Cu].[Mn].[Mn].[O-2].[O-2].[O-2].[O-2].[O-2].[V+5].[V+5]. The number of hydrogen-bond acceptors (Lipinski definition) is 0. The van der Waals surface area contributed by atoms with Crippen LogP contribution in [0.25, 0.3) is 0 Å². The molecule has 0 aromatic carbocycles. The van der Waals surface area contributed by atoms with Gasteiger partial charge in [0.2, 0.25) is 0 Å². The van der Waals surface area contributed by atoms with Gasteiger partial charge in [0, 0.05) is 68.3 Å². The molecule has 0 bridgehead atoms. The molecule has 0 fully saturated rings. The number of rotatable bonds is 0. The maximum Gasteiger partial charge on any atom is 5.00 e. The number of hydrogen-bond donors (Lipinski definition) is 0. The van der Waals surface area contributed by atoms with Crippen molar-refractivity contribution in [3.63, 3.8) is 0 Å². The third-order valence-electron chi connectivity index (χ3n) is 0. The van der Waals surface area contributed by atoms with E-state index in [-0.39, 0.29) is 133 Å². The van der Waals surface area contributed by atoms with Gasteiger partial charge in [-0.25, -0.2) is 0 Å². The Bertz CT molecular complexity index is 20.4. The third-order valence-corrected chi connectivity index (χ3v) is 0. The fourth-order valence-electron chi connectivity index (χ4n) is 0. The fraction of sp³-hybridized carbons (Fsp3) is 0. The molecule has 0 aliphatic rings. The molecule has 5 nitrogen and oxygen atoms in total. The zero-order valence-electron chi connectivity index (χ0n) is 4.29. The van der Waals surface area contributed by atoms with E-state index in [9.17, 15) is 0 Å². The predicted octanol–water partition coefficient (Wildman–Crippen LogP) is -0.609. The minimum absolute atomic E-state index is 0. The first kappa shape index (κ1) is 258. The molecule has 0 spiro atoms. The zero-order valence-corrected chi connectivity index (χ0v) is 11.3. The van der Waals surface area contributed by atoms with Crippen LogP contribution in [0.1, 0.15) is 0 Å². The second-order valence-corrected chi connectivity index (χ2v) is 0. The van der Waals surface area contributed by atoms with E-state index >= 15 is 0 Å². The Labute approximate surface area is 131 Å². The summed E-state index contributed by atoms with van der Waals surface area (Å²) in [6.45, 7) is 0. The molecule has 0 aliphatic heterocycles. The Kier molecular flexibility index (Phi) is 4780. The van der Waals surface area contributed by atoms with E-state index in [2.05, 4.69) is 0 Å². The van der Waals surface area contributed by atoms with Gasteiger partial charge in [0.25, 0.3) is 0 Å². The Morgan fingerprint density at radius 1 is 0.364 bits per heavy atom. The van der Waals surface area contributed by atoms with Crippen molar-refractivity contribution >= 4 is 0 Å². The maximum atomic E-state index is 0. The minimum Gasteiger partial charge on any atom is -2.00 e. The molecule has 76 valence electrons. The minimum atomic E-state index is 0. The second-order valence-electron chi connectivity index (χ2n) is 0. The van der Waals surface area contributed by atoms with Crippen LogP contribution in [-0.2, 0) is 133 Å². The molecule has 0 atom stereocenters. The molecule has 0 saturated heterocycles. The van der Waals surface area contributed by atoms with Crippen molar-refractivity contribution in [1.29, 1.82) is 0 Å². The molecule has 0 aliphatic carbocycles. The monoisotopic (exact) mass is 418 g/mol.